The van der Waals surface area contributed by atoms with Gasteiger partial charge in [-0.05, 0) is 44.7 Å². The number of aromatic nitrogens is 2. The maximum Gasteiger partial charge on any atom is 0.243 e. The van der Waals surface area contributed by atoms with Crippen LogP contribution in [0.1, 0.15) is 29.5 Å². The molecule has 2 aromatic rings. The lowest BCUT2D eigenvalue weighted by atomic mass is 9.95. The molecule has 2 saturated heterocycles. The minimum absolute atomic E-state index is 0.0207. The molecule has 0 saturated carbocycles. The molecule has 4 rings (SSSR count). The summed E-state index contributed by atoms with van der Waals surface area (Å²) in [6, 6.07) is 3.82. The number of hydrogen-bond donors (Lipinski definition) is 0. The Kier molecular flexibility index (Phi) is 6.48. The van der Waals surface area contributed by atoms with Gasteiger partial charge in [-0.25, -0.2) is 13.4 Å². The van der Waals surface area contributed by atoms with Crippen molar-refractivity contribution in [3.05, 3.63) is 47.4 Å². The molecule has 32 heavy (non-hydrogen) atoms. The molecule has 9 heteroatoms. The third kappa shape index (κ3) is 4.49. The fourth-order valence-corrected chi connectivity index (χ4v) is 6.75. The molecule has 2 fully saturated rings. The predicted octanol–water partition coefficient (Wildman–Crippen LogP) is 2.15. The van der Waals surface area contributed by atoms with E-state index in [1.165, 1.54) is 4.31 Å². The first-order chi connectivity index (χ1) is 15.3. The average Bonchev–Trinajstić information content (AvgIpc) is 2.78. The molecule has 0 atom stereocenters. The fraction of sp³-hybridized carbons (Fsp3) is 0.522. The van der Waals surface area contributed by atoms with Gasteiger partial charge >= 0.3 is 0 Å². The van der Waals surface area contributed by atoms with Crippen LogP contribution in [0.4, 0.5) is 5.82 Å². The van der Waals surface area contributed by atoms with Crippen LogP contribution >= 0.6 is 0 Å². The lowest BCUT2D eigenvalue weighted by Crippen LogP contribution is -2.53. The van der Waals surface area contributed by atoms with Gasteiger partial charge in [0.05, 0.1) is 11.1 Å². The Labute approximate surface area is 190 Å². The summed E-state index contributed by atoms with van der Waals surface area (Å²) in [6.07, 6.45) is 6.63. The van der Waals surface area contributed by atoms with Gasteiger partial charge in [-0.15, -0.1) is 0 Å². The number of hydrogen-bond acceptors (Lipinski definition) is 6. The van der Waals surface area contributed by atoms with Gasteiger partial charge in [-0.3, -0.25) is 9.78 Å². The summed E-state index contributed by atoms with van der Waals surface area (Å²) in [5.74, 6) is 0.968. The van der Waals surface area contributed by atoms with Crippen LogP contribution in [0.15, 0.2) is 35.6 Å². The van der Waals surface area contributed by atoms with E-state index in [1.54, 1.807) is 18.6 Å². The Morgan fingerprint density at radius 1 is 0.938 bits per heavy atom. The maximum atomic E-state index is 13.3. The molecule has 0 N–H and O–H groups in total. The molecule has 1 aromatic heterocycles. The van der Waals surface area contributed by atoms with Crippen molar-refractivity contribution >= 4 is 21.7 Å². The summed E-state index contributed by atoms with van der Waals surface area (Å²) in [4.78, 5) is 25.9. The van der Waals surface area contributed by atoms with E-state index in [1.807, 2.05) is 37.8 Å². The molecule has 1 aromatic carbocycles. The Bertz CT molecular complexity index is 1050. The number of nitrogens with zero attached hydrogens (tertiary/aromatic N) is 5. The van der Waals surface area contributed by atoms with Crippen LogP contribution in [-0.4, -0.2) is 72.8 Å². The SMILES string of the molecule is Cc1cc(C)c(S(=O)(=O)N2CCN(C(=O)C3CCN(c4cnccn4)CC3)CC2)c(C)c1. The van der Waals surface area contributed by atoms with Crippen LogP contribution in [0.5, 0.6) is 0 Å². The standard InChI is InChI=1S/C23H31N5O3S/c1-17-14-18(2)22(19(3)15-17)32(30,31)28-12-10-27(11-13-28)23(29)20-4-8-26(9-5-20)21-16-24-6-7-25-21/h6-7,14-16,20H,4-5,8-13H2,1-3H3. The number of aryl methyl sites for hydroxylation is 3. The van der Waals surface area contributed by atoms with E-state index in [2.05, 4.69) is 14.9 Å². The zero-order valence-electron chi connectivity index (χ0n) is 19.0. The second kappa shape index (κ2) is 9.15. The highest BCUT2D eigenvalue weighted by molar-refractivity contribution is 7.89. The van der Waals surface area contributed by atoms with E-state index in [0.717, 1.165) is 48.4 Å². The van der Waals surface area contributed by atoms with Crippen molar-refractivity contribution in [2.24, 2.45) is 5.92 Å². The van der Waals surface area contributed by atoms with Gasteiger partial charge in [0.1, 0.15) is 5.82 Å². The summed E-state index contributed by atoms with van der Waals surface area (Å²) >= 11 is 0. The lowest BCUT2D eigenvalue weighted by Gasteiger charge is -2.38. The summed E-state index contributed by atoms with van der Waals surface area (Å²) in [5, 5.41) is 0. The van der Waals surface area contributed by atoms with Gasteiger partial charge in [0.25, 0.3) is 0 Å². The van der Waals surface area contributed by atoms with Crippen LogP contribution in [0.3, 0.4) is 0 Å². The van der Waals surface area contributed by atoms with E-state index in [4.69, 9.17) is 0 Å². The monoisotopic (exact) mass is 457 g/mol. The Morgan fingerprint density at radius 3 is 2.12 bits per heavy atom. The highest BCUT2D eigenvalue weighted by atomic mass is 32.2. The molecule has 0 aliphatic carbocycles. The lowest BCUT2D eigenvalue weighted by molar-refractivity contribution is -0.137. The second-order valence-electron chi connectivity index (χ2n) is 8.78. The first kappa shape index (κ1) is 22.7. The zero-order chi connectivity index (χ0) is 22.9. The first-order valence-electron chi connectivity index (χ1n) is 11.1. The van der Waals surface area contributed by atoms with Crippen molar-refractivity contribution in [2.75, 3.05) is 44.2 Å². The number of carbonyl (C=O) groups excluding carboxylic acids is 1. The first-order valence-corrected chi connectivity index (χ1v) is 12.6. The van der Waals surface area contributed by atoms with E-state index in [0.29, 0.717) is 31.1 Å². The van der Waals surface area contributed by atoms with Gasteiger partial charge in [0, 0.05) is 57.6 Å². The third-order valence-corrected chi connectivity index (χ3v) is 8.68. The van der Waals surface area contributed by atoms with E-state index >= 15 is 0 Å². The van der Waals surface area contributed by atoms with Crippen LogP contribution < -0.4 is 4.90 Å². The quantitative estimate of drug-likeness (QED) is 0.699. The molecule has 172 valence electrons. The normalized spacial score (nSPS) is 18.7. The summed E-state index contributed by atoms with van der Waals surface area (Å²) in [5.41, 5.74) is 2.60. The number of amides is 1. The predicted molar refractivity (Wildman–Crippen MR) is 123 cm³/mol. The number of anilines is 1. The molecule has 1 amide bonds. The van der Waals surface area contributed by atoms with Gasteiger partial charge in [-0.1, -0.05) is 17.7 Å². The smallest absolute Gasteiger partial charge is 0.243 e. The molecule has 3 heterocycles. The number of piperidine rings is 1. The maximum absolute atomic E-state index is 13.3. The summed E-state index contributed by atoms with van der Waals surface area (Å²) in [7, 11) is -3.58. The second-order valence-corrected chi connectivity index (χ2v) is 10.7. The van der Waals surface area contributed by atoms with Gasteiger partial charge in [-0.2, -0.15) is 4.31 Å². The highest BCUT2D eigenvalue weighted by Crippen LogP contribution is 2.27. The van der Waals surface area contributed by atoms with Crippen LogP contribution in [0, 0.1) is 26.7 Å². The van der Waals surface area contributed by atoms with E-state index < -0.39 is 10.0 Å². The summed E-state index contributed by atoms with van der Waals surface area (Å²) < 4.78 is 28.1. The van der Waals surface area contributed by atoms with Crippen molar-refractivity contribution in [3.8, 4) is 0 Å². The van der Waals surface area contributed by atoms with Crippen molar-refractivity contribution < 1.29 is 13.2 Å². The largest absolute Gasteiger partial charge is 0.355 e. The minimum atomic E-state index is -3.58. The van der Waals surface area contributed by atoms with Gasteiger partial charge in [0.2, 0.25) is 15.9 Å². The molecule has 2 aliphatic heterocycles. The highest BCUT2D eigenvalue weighted by Gasteiger charge is 2.35. The van der Waals surface area contributed by atoms with Crippen molar-refractivity contribution in [1.82, 2.24) is 19.2 Å². The third-order valence-electron chi connectivity index (χ3n) is 6.47. The van der Waals surface area contributed by atoms with Crippen LogP contribution in [0.25, 0.3) is 0 Å². The van der Waals surface area contributed by atoms with Crippen molar-refractivity contribution in [3.63, 3.8) is 0 Å². The van der Waals surface area contributed by atoms with Gasteiger partial charge < -0.3 is 9.80 Å². The van der Waals surface area contributed by atoms with Gasteiger partial charge in [0.15, 0.2) is 0 Å². The Hall–Kier alpha value is -2.52. The van der Waals surface area contributed by atoms with E-state index in [9.17, 15) is 13.2 Å². The van der Waals surface area contributed by atoms with Crippen molar-refractivity contribution in [2.45, 2.75) is 38.5 Å². The Balaban J connectivity index is 1.35. The summed E-state index contributed by atoms with van der Waals surface area (Å²) in [6.45, 7) is 8.75. The molecule has 8 nitrogen and oxygen atoms in total. The number of sulfonamides is 1. The number of carbonyl (C=O) groups is 1. The molecule has 0 spiro atoms. The molecule has 0 unspecified atom stereocenters. The van der Waals surface area contributed by atoms with Crippen LogP contribution in [-0.2, 0) is 14.8 Å². The topological polar surface area (TPSA) is 86.7 Å². The Morgan fingerprint density at radius 2 is 1.56 bits per heavy atom. The fourth-order valence-electron chi connectivity index (χ4n) is 4.92. The number of benzene rings is 1. The van der Waals surface area contributed by atoms with Crippen molar-refractivity contribution in [1.29, 1.82) is 0 Å². The molecule has 2 aliphatic rings. The molecular formula is C23H31N5O3S. The number of rotatable bonds is 4. The number of piperazine rings is 1. The zero-order valence-corrected chi connectivity index (χ0v) is 19.8. The van der Waals surface area contributed by atoms with E-state index in [-0.39, 0.29) is 11.8 Å². The minimum Gasteiger partial charge on any atom is -0.355 e. The van der Waals surface area contributed by atoms with Crippen LogP contribution in [0.2, 0.25) is 0 Å². The molecular weight excluding hydrogens is 426 g/mol. The molecule has 0 bridgehead atoms. The molecule has 0 radical (unpaired) electrons. The average molecular weight is 458 g/mol.